The summed E-state index contributed by atoms with van der Waals surface area (Å²) in [5, 5.41) is 0.187. The normalized spacial score (nSPS) is 28.8. The molecule has 3 aliphatic rings. The van der Waals surface area contributed by atoms with Crippen LogP contribution in [0.25, 0.3) is 0 Å². The largest absolute Gasteiger partial charge is 0.417 e. The van der Waals surface area contributed by atoms with Crippen LogP contribution in [0, 0.1) is 30.1 Å². The van der Waals surface area contributed by atoms with E-state index in [1.165, 1.54) is 6.42 Å². The minimum Gasteiger partial charge on any atom is -0.417 e. The molecule has 4 rings (SSSR count). The molecule has 170 valence electrons. The van der Waals surface area contributed by atoms with Crippen molar-refractivity contribution in [2.24, 2.45) is 23.2 Å². The maximum Gasteiger partial charge on any atom is 0.240 e. The summed E-state index contributed by atoms with van der Waals surface area (Å²) in [5.74, 6) is 1.49. The predicted molar refractivity (Wildman–Crippen MR) is 127 cm³/mol. The van der Waals surface area contributed by atoms with Crippen molar-refractivity contribution in [1.29, 1.82) is 0 Å². The van der Waals surface area contributed by atoms with Crippen LogP contribution in [0.5, 0.6) is 0 Å². The number of sulfonamides is 1. The molecule has 2 bridgehead atoms. The van der Waals surface area contributed by atoms with Crippen LogP contribution >= 0.6 is 0 Å². The first kappa shape index (κ1) is 24.0. The van der Waals surface area contributed by atoms with Crippen LogP contribution in [0.15, 0.2) is 29.2 Å². The van der Waals surface area contributed by atoms with Gasteiger partial charge in [-0.1, -0.05) is 52.3 Å². The number of aryl methyl sites for hydroxylation is 1. The van der Waals surface area contributed by atoms with Crippen LogP contribution in [-0.4, -0.2) is 29.4 Å². The van der Waals surface area contributed by atoms with Crippen LogP contribution in [0.1, 0.15) is 59.4 Å². The molecule has 0 unspecified atom stereocenters. The maximum absolute atomic E-state index is 13.1. The van der Waals surface area contributed by atoms with Gasteiger partial charge in [-0.3, -0.25) is 0 Å². The van der Waals surface area contributed by atoms with Crippen molar-refractivity contribution in [2.45, 2.75) is 89.9 Å². The molecule has 0 radical (unpaired) electrons. The molecule has 3 fully saturated rings. The first-order valence-electron chi connectivity index (χ1n) is 11.4. The molecule has 0 aliphatic heterocycles. The molecule has 3 saturated carbocycles. The number of benzene rings is 1. The average Bonchev–Trinajstić information content (AvgIpc) is 2.61. The summed E-state index contributed by atoms with van der Waals surface area (Å²) >= 11 is 0. The summed E-state index contributed by atoms with van der Waals surface area (Å²) in [7, 11) is -5.31. The fourth-order valence-corrected chi connectivity index (χ4v) is 7.50. The van der Waals surface area contributed by atoms with E-state index >= 15 is 0 Å². The molecule has 0 amide bonds. The van der Waals surface area contributed by atoms with Crippen molar-refractivity contribution in [3.63, 3.8) is 0 Å². The fraction of sp³-hybridized carbons (Fsp3) is 0.750. The van der Waals surface area contributed by atoms with Gasteiger partial charge in [-0.05, 0) is 79.6 Å². The van der Waals surface area contributed by atoms with Crippen molar-refractivity contribution in [2.75, 3.05) is 6.61 Å². The minimum absolute atomic E-state index is 0.00362. The van der Waals surface area contributed by atoms with Gasteiger partial charge in [0.25, 0.3) is 0 Å². The number of rotatable bonds is 7. The molecule has 0 spiro atoms. The Bertz CT molecular complexity index is 855. The molecule has 1 N–H and O–H groups in total. The number of fused-ring (bicyclic) bond motifs is 2. The van der Waals surface area contributed by atoms with E-state index < -0.39 is 18.3 Å². The number of nitrogens with one attached hydrogen (secondary N) is 1. The lowest BCUT2D eigenvalue weighted by atomic mass is 9.44. The highest BCUT2D eigenvalue weighted by atomic mass is 32.2. The third-order valence-electron chi connectivity index (χ3n) is 8.48. The lowest BCUT2D eigenvalue weighted by Crippen LogP contribution is -2.61. The van der Waals surface area contributed by atoms with Gasteiger partial charge in [0.2, 0.25) is 10.0 Å². The second-order valence-corrected chi connectivity index (χ2v) is 18.2. The van der Waals surface area contributed by atoms with Crippen LogP contribution in [0.4, 0.5) is 0 Å². The van der Waals surface area contributed by atoms with Gasteiger partial charge in [-0.15, -0.1) is 0 Å². The molecule has 0 heterocycles. The average molecular weight is 452 g/mol. The first-order valence-corrected chi connectivity index (χ1v) is 15.8. The summed E-state index contributed by atoms with van der Waals surface area (Å²) in [6.07, 6.45) is 3.08. The van der Waals surface area contributed by atoms with Gasteiger partial charge < -0.3 is 4.43 Å². The van der Waals surface area contributed by atoms with Gasteiger partial charge in [-0.2, -0.15) is 0 Å². The van der Waals surface area contributed by atoms with Gasteiger partial charge in [0, 0.05) is 12.6 Å². The Labute approximate surface area is 185 Å². The smallest absolute Gasteiger partial charge is 0.240 e. The summed E-state index contributed by atoms with van der Waals surface area (Å²) in [6, 6.07) is 7.14. The number of hydrogen-bond acceptors (Lipinski definition) is 3. The Balaban J connectivity index is 1.73. The molecule has 0 saturated heterocycles. The van der Waals surface area contributed by atoms with Gasteiger partial charge in [0.1, 0.15) is 0 Å². The highest BCUT2D eigenvalue weighted by Gasteiger charge is 2.58. The van der Waals surface area contributed by atoms with E-state index in [9.17, 15) is 8.42 Å². The second-order valence-electron chi connectivity index (χ2n) is 11.7. The van der Waals surface area contributed by atoms with Crippen molar-refractivity contribution in [3.8, 4) is 0 Å². The molecule has 6 heteroatoms. The van der Waals surface area contributed by atoms with Gasteiger partial charge in [-0.25, -0.2) is 13.1 Å². The van der Waals surface area contributed by atoms with Crippen LogP contribution < -0.4 is 4.72 Å². The molecule has 4 nitrogen and oxygen atoms in total. The lowest BCUT2D eigenvalue weighted by molar-refractivity contribution is -0.121. The third kappa shape index (κ3) is 4.57. The van der Waals surface area contributed by atoms with E-state index in [1.807, 2.05) is 19.1 Å². The zero-order chi connectivity index (χ0) is 22.5. The molecule has 4 atom stereocenters. The molecule has 1 aromatic carbocycles. The zero-order valence-corrected chi connectivity index (χ0v) is 21.9. The topological polar surface area (TPSA) is 55.4 Å². The third-order valence-corrected chi connectivity index (χ3v) is 14.5. The Morgan fingerprint density at radius 3 is 2.27 bits per heavy atom. The molecule has 30 heavy (non-hydrogen) atoms. The molecule has 1 aromatic rings. The Morgan fingerprint density at radius 1 is 1.13 bits per heavy atom. The second kappa shape index (κ2) is 8.02. The zero-order valence-electron chi connectivity index (χ0n) is 20.1. The Kier molecular flexibility index (Phi) is 6.40. The standard InChI is InChI=1S/C24H41NO3SSi/c1-17-9-11-19(12-10-17)29(26,27)25-22-16-18-15-21(24(18,5)6)20(22)13-14-28-30(7,8)23(2,3)4/h9-12,18,20-22,25H,13-16H2,1-8H3/t18-,20+,21+,22+/m1/s1. The Morgan fingerprint density at radius 2 is 1.73 bits per heavy atom. The molecular weight excluding hydrogens is 410 g/mol. The Hall–Kier alpha value is -0.693. The van der Waals surface area contributed by atoms with Gasteiger partial charge >= 0.3 is 0 Å². The summed E-state index contributed by atoms with van der Waals surface area (Å²) in [4.78, 5) is 0.364. The van der Waals surface area contributed by atoms with Crippen LogP contribution in [-0.2, 0) is 14.4 Å². The van der Waals surface area contributed by atoms with Crippen LogP contribution in [0.3, 0.4) is 0 Å². The quantitative estimate of drug-likeness (QED) is 0.538. The first-order chi connectivity index (χ1) is 13.6. The molecule has 0 aromatic heterocycles. The minimum atomic E-state index is -3.51. The highest BCUT2D eigenvalue weighted by Crippen LogP contribution is 2.62. The van der Waals surface area contributed by atoms with E-state index in [1.54, 1.807) is 12.1 Å². The summed E-state index contributed by atoms with van der Waals surface area (Å²) in [6.45, 7) is 18.8. The lowest BCUT2D eigenvalue weighted by Gasteiger charge is -2.62. The monoisotopic (exact) mass is 451 g/mol. The molecule has 3 aliphatic carbocycles. The SMILES string of the molecule is Cc1ccc(S(=O)(=O)N[C@H]2C[C@H]3C[C@@H]([C@@H]2CCO[Si](C)(C)C(C)(C)C)C3(C)C)cc1. The van der Waals surface area contributed by atoms with Gasteiger partial charge in [0.05, 0.1) is 4.90 Å². The van der Waals surface area contributed by atoms with E-state index in [-0.39, 0.29) is 11.1 Å². The van der Waals surface area contributed by atoms with Gasteiger partial charge in [0.15, 0.2) is 8.32 Å². The fourth-order valence-electron chi connectivity index (χ4n) is 5.13. The maximum atomic E-state index is 13.1. The summed E-state index contributed by atoms with van der Waals surface area (Å²) < 4.78 is 35.7. The summed E-state index contributed by atoms with van der Waals surface area (Å²) in [5.41, 5.74) is 1.36. The van der Waals surface area contributed by atoms with Crippen molar-refractivity contribution in [1.82, 2.24) is 4.72 Å². The van der Waals surface area contributed by atoms with Crippen molar-refractivity contribution >= 4 is 18.3 Å². The van der Waals surface area contributed by atoms with E-state index in [0.717, 1.165) is 25.0 Å². The van der Waals surface area contributed by atoms with Crippen LogP contribution in [0.2, 0.25) is 18.1 Å². The van der Waals surface area contributed by atoms with Crippen molar-refractivity contribution < 1.29 is 12.8 Å². The predicted octanol–water partition coefficient (Wildman–Crippen LogP) is 5.74. The van der Waals surface area contributed by atoms with Crippen molar-refractivity contribution in [3.05, 3.63) is 29.8 Å². The molecular formula is C24H41NO3SSi. The van der Waals surface area contributed by atoms with E-state index in [0.29, 0.717) is 28.1 Å². The highest BCUT2D eigenvalue weighted by molar-refractivity contribution is 7.89. The number of hydrogen-bond donors (Lipinski definition) is 1. The van der Waals surface area contributed by atoms with E-state index in [2.05, 4.69) is 52.4 Å². The van der Waals surface area contributed by atoms with E-state index in [4.69, 9.17) is 4.43 Å².